The van der Waals surface area contributed by atoms with Crippen LogP contribution in [0.3, 0.4) is 0 Å². The van der Waals surface area contributed by atoms with Gasteiger partial charge >= 0.3 is 6.18 Å². The first kappa shape index (κ1) is 16.3. The summed E-state index contributed by atoms with van der Waals surface area (Å²) in [7, 11) is 2.42. The normalized spacial score (nSPS) is 11.3. The summed E-state index contributed by atoms with van der Waals surface area (Å²) < 4.78 is 37.3. The Labute approximate surface area is 117 Å². The average Bonchev–Trinajstić information content (AvgIpc) is 2.32. The van der Waals surface area contributed by atoms with Gasteiger partial charge in [0, 0.05) is 14.1 Å². The van der Waals surface area contributed by atoms with Crippen molar-refractivity contribution in [3.8, 4) is 0 Å². The van der Waals surface area contributed by atoms with Crippen LogP contribution in [0.1, 0.15) is 0 Å². The zero-order valence-electron chi connectivity index (χ0n) is 10.7. The van der Waals surface area contributed by atoms with Gasteiger partial charge in [-0.25, -0.2) is 4.68 Å². The van der Waals surface area contributed by atoms with Gasteiger partial charge in [0.15, 0.2) is 0 Å². The summed E-state index contributed by atoms with van der Waals surface area (Å²) in [5.74, 6) is -0.793. The van der Waals surface area contributed by atoms with Crippen LogP contribution in [0.15, 0.2) is 11.0 Å². The Morgan fingerprint density at radius 3 is 2.70 bits per heavy atom. The number of rotatable bonds is 4. The average molecular weight is 313 g/mol. The first-order chi connectivity index (χ1) is 9.11. The summed E-state index contributed by atoms with van der Waals surface area (Å²) in [6.45, 7) is -1.78. The summed E-state index contributed by atoms with van der Waals surface area (Å²) in [4.78, 5) is 23.4. The summed E-state index contributed by atoms with van der Waals surface area (Å²) in [6.07, 6.45) is -3.26. The number of amides is 1. The lowest BCUT2D eigenvalue weighted by Gasteiger charge is -2.19. The molecule has 0 atom stereocenters. The SMILES string of the molecule is CN(CC(F)(F)F)C(=O)CNc1cnn(C)c(=O)c1Cl. The summed E-state index contributed by atoms with van der Waals surface area (Å²) in [5, 5.41) is 5.97. The topological polar surface area (TPSA) is 67.2 Å². The Balaban J connectivity index is 2.66. The van der Waals surface area contributed by atoms with Crippen LogP contribution in [-0.2, 0) is 11.8 Å². The third kappa shape index (κ3) is 4.41. The smallest absolute Gasteiger partial charge is 0.373 e. The second-order valence-corrected chi connectivity index (χ2v) is 4.40. The summed E-state index contributed by atoms with van der Waals surface area (Å²) in [6, 6.07) is 0. The van der Waals surface area contributed by atoms with Gasteiger partial charge in [-0.2, -0.15) is 18.3 Å². The van der Waals surface area contributed by atoms with E-state index in [0.717, 1.165) is 11.7 Å². The van der Waals surface area contributed by atoms with Gasteiger partial charge < -0.3 is 10.2 Å². The first-order valence-corrected chi connectivity index (χ1v) is 5.76. The molecule has 0 aliphatic rings. The van der Waals surface area contributed by atoms with E-state index in [9.17, 15) is 22.8 Å². The predicted molar refractivity (Wildman–Crippen MR) is 66.7 cm³/mol. The second kappa shape index (κ2) is 6.12. The molecule has 0 bridgehead atoms. The highest BCUT2D eigenvalue weighted by Crippen LogP contribution is 2.16. The molecule has 0 radical (unpaired) electrons. The van der Waals surface area contributed by atoms with E-state index in [4.69, 9.17) is 11.6 Å². The van der Waals surface area contributed by atoms with E-state index in [2.05, 4.69) is 10.4 Å². The van der Waals surface area contributed by atoms with Gasteiger partial charge in [0.25, 0.3) is 5.56 Å². The fourth-order valence-electron chi connectivity index (χ4n) is 1.30. The Hall–Kier alpha value is -1.77. The molecular formula is C10H12ClF3N4O2. The molecule has 1 aromatic heterocycles. The van der Waals surface area contributed by atoms with E-state index in [-0.39, 0.29) is 10.7 Å². The van der Waals surface area contributed by atoms with Crippen molar-refractivity contribution in [2.75, 3.05) is 25.5 Å². The number of nitrogens with zero attached hydrogens (tertiary/aromatic N) is 3. The van der Waals surface area contributed by atoms with Crippen molar-refractivity contribution < 1.29 is 18.0 Å². The standard InChI is InChI=1S/C10H12ClF3N4O2/c1-17(5-10(12,13)14)7(19)4-15-6-3-16-18(2)9(20)8(6)11/h3,15H,4-5H2,1-2H3. The minimum atomic E-state index is -4.47. The largest absolute Gasteiger partial charge is 0.406 e. The van der Waals surface area contributed by atoms with Gasteiger partial charge in [0.2, 0.25) is 5.91 Å². The van der Waals surface area contributed by atoms with Crippen LogP contribution < -0.4 is 10.9 Å². The highest BCUT2D eigenvalue weighted by Gasteiger charge is 2.31. The van der Waals surface area contributed by atoms with Crippen molar-refractivity contribution in [3.63, 3.8) is 0 Å². The number of aryl methyl sites for hydroxylation is 1. The fraction of sp³-hybridized carbons (Fsp3) is 0.500. The van der Waals surface area contributed by atoms with Crippen LogP contribution in [0.4, 0.5) is 18.9 Å². The lowest BCUT2D eigenvalue weighted by molar-refractivity contribution is -0.157. The molecule has 1 heterocycles. The van der Waals surface area contributed by atoms with Crippen molar-refractivity contribution in [2.24, 2.45) is 7.05 Å². The molecular weight excluding hydrogens is 301 g/mol. The number of nitrogens with one attached hydrogen (secondary N) is 1. The van der Waals surface area contributed by atoms with Crippen LogP contribution in [0.2, 0.25) is 5.02 Å². The van der Waals surface area contributed by atoms with Crippen molar-refractivity contribution in [1.29, 1.82) is 0 Å². The summed E-state index contributed by atoms with van der Waals surface area (Å²) >= 11 is 5.73. The maximum atomic E-state index is 12.1. The molecule has 1 aromatic rings. The number of halogens is 4. The molecule has 1 amide bonds. The number of alkyl halides is 3. The molecule has 0 aromatic carbocycles. The van der Waals surface area contributed by atoms with E-state index in [0.29, 0.717) is 4.90 Å². The molecule has 20 heavy (non-hydrogen) atoms. The molecule has 0 fully saturated rings. The maximum Gasteiger partial charge on any atom is 0.406 e. The number of hydrogen-bond acceptors (Lipinski definition) is 4. The van der Waals surface area contributed by atoms with Gasteiger partial charge in [-0.15, -0.1) is 0 Å². The van der Waals surface area contributed by atoms with Crippen LogP contribution in [0, 0.1) is 0 Å². The highest BCUT2D eigenvalue weighted by atomic mass is 35.5. The van der Waals surface area contributed by atoms with E-state index >= 15 is 0 Å². The molecule has 1 N–H and O–H groups in total. The summed E-state index contributed by atoms with van der Waals surface area (Å²) in [5.41, 5.74) is -0.490. The van der Waals surface area contributed by atoms with Gasteiger partial charge in [-0.05, 0) is 0 Å². The van der Waals surface area contributed by atoms with E-state index in [1.54, 1.807) is 0 Å². The van der Waals surface area contributed by atoms with Crippen LogP contribution in [0.5, 0.6) is 0 Å². The number of anilines is 1. The third-order valence-corrected chi connectivity index (χ3v) is 2.72. The molecule has 0 saturated heterocycles. The highest BCUT2D eigenvalue weighted by molar-refractivity contribution is 6.33. The van der Waals surface area contributed by atoms with Crippen LogP contribution in [-0.4, -0.2) is 46.9 Å². The number of hydrogen-bond donors (Lipinski definition) is 1. The lowest BCUT2D eigenvalue weighted by atomic mass is 10.4. The minimum Gasteiger partial charge on any atom is -0.373 e. The van der Waals surface area contributed by atoms with Crippen molar-refractivity contribution >= 4 is 23.2 Å². The Morgan fingerprint density at radius 2 is 2.15 bits per heavy atom. The van der Waals surface area contributed by atoms with Crippen LogP contribution >= 0.6 is 11.6 Å². The Morgan fingerprint density at radius 1 is 1.55 bits per heavy atom. The Bertz CT molecular complexity index is 558. The molecule has 0 aliphatic carbocycles. The second-order valence-electron chi connectivity index (χ2n) is 4.02. The molecule has 6 nitrogen and oxygen atoms in total. The fourth-order valence-corrected chi connectivity index (χ4v) is 1.53. The van der Waals surface area contributed by atoms with E-state index in [1.165, 1.54) is 13.2 Å². The molecule has 112 valence electrons. The van der Waals surface area contributed by atoms with Gasteiger partial charge in [0.1, 0.15) is 11.6 Å². The zero-order valence-corrected chi connectivity index (χ0v) is 11.4. The van der Waals surface area contributed by atoms with Gasteiger partial charge in [-0.3, -0.25) is 9.59 Å². The van der Waals surface area contributed by atoms with Gasteiger partial charge in [-0.1, -0.05) is 11.6 Å². The van der Waals surface area contributed by atoms with Crippen molar-refractivity contribution in [1.82, 2.24) is 14.7 Å². The molecule has 10 heteroatoms. The van der Waals surface area contributed by atoms with E-state index < -0.39 is 30.7 Å². The molecule has 0 aliphatic heterocycles. The number of likely N-dealkylation sites (N-methyl/N-ethyl adjacent to an activating group) is 1. The molecule has 0 spiro atoms. The predicted octanol–water partition coefficient (Wildman–Crippen LogP) is 0.866. The van der Waals surface area contributed by atoms with E-state index in [1.807, 2.05) is 0 Å². The maximum absolute atomic E-state index is 12.1. The molecule has 0 saturated carbocycles. The number of carbonyl (C=O) groups excluding carboxylic acids is 1. The first-order valence-electron chi connectivity index (χ1n) is 5.38. The molecule has 1 rings (SSSR count). The number of carbonyl (C=O) groups is 1. The molecule has 0 unspecified atom stereocenters. The number of aromatic nitrogens is 2. The quantitative estimate of drug-likeness (QED) is 0.896. The van der Waals surface area contributed by atoms with Crippen LogP contribution in [0.25, 0.3) is 0 Å². The van der Waals surface area contributed by atoms with Crippen molar-refractivity contribution in [3.05, 3.63) is 21.6 Å². The minimum absolute atomic E-state index is 0.0866. The zero-order chi connectivity index (χ0) is 15.5. The third-order valence-electron chi connectivity index (χ3n) is 2.35. The Kier molecular flexibility index (Phi) is 4.98. The lowest BCUT2D eigenvalue weighted by Crippen LogP contribution is -2.39. The monoisotopic (exact) mass is 312 g/mol. The van der Waals surface area contributed by atoms with Gasteiger partial charge in [0.05, 0.1) is 18.4 Å². The van der Waals surface area contributed by atoms with Crippen molar-refractivity contribution in [2.45, 2.75) is 6.18 Å².